The van der Waals surface area contributed by atoms with E-state index < -0.39 is 0 Å². The van der Waals surface area contributed by atoms with Crippen LogP contribution in [0.5, 0.6) is 0 Å². The predicted octanol–water partition coefficient (Wildman–Crippen LogP) is 3.86. The topological polar surface area (TPSA) is 17.0 Å². The Bertz CT molecular complexity index is 553. The normalized spacial score (nSPS) is 16.8. The van der Waals surface area contributed by atoms with Gasteiger partial charge in [0, 0.05) is 41.8 Å². The molecule has 1 aromatic heterocycles. The summed E-state index contributed by atoms with van der Waals surface area (Å²) in [6, 6.07) is 6.83. The van der Waals surface area contributed by atoms with E-state index in [0.717, 1.165) is 11.6 Å². The van der Waals surface area contributed by atoms with Crippen LogP contribution in [0.4, 0.5) is 0 Å². The van der Waals surface area contributed by atoms with E-state index in [1.54, 1.807) is 0 Å². The van der Waals surface area contributed by atoms with Crippen LogP contribution in [-0.2, 0) is 13.6 Å². The van der Waals surface area contributed by atoms with Gasteiger partial charge in [-0.3, -0.25) is 0 Å². The summed E-state index contributed by atoms with van der Waals surface area (Å²) >= 11 is 6.10. The Morgan fingerprint density at radius 1 is 1.33 bits per heavy atom. The smallest absolute Gasteiger partial charge is 0.0482 e. The summed E-state index contributed by atoms with van der Waals surface area (Å²) in [5, 5.41) is 5.76. The number of rotatable bonds is 3. The fourth-order valence-electron chi connectivity index (χ4n) is 2.97. The zero-order chi connectivity index (χ0) is 12.5. The first kappa shape index (κ1) is 12.1. The second kappa shape index (κ2) is 4.94. The van der Waals surface area contributed by atoms with Crippen LogP contribution in [0.1, 0.15) is 31.2 Å². The molecular weight excluding hydrogens is 244 g/mol. The molecule has 1 heterocycles. The molecule has 0 amide bonds. The molecule has 1 aliphatic rings. The van der Waals surface area contributed by atoms with Crippen LogP contribution in [0, 0.1) is 0 Å². The van der Waals surface area contributed by atoms with Gasteiger partial charge in [0.15, 0.2) is 0 Å². The first-order valence-electron chi connectivity index (χ1n) is 6.71. The number of hydrogen-bond acceptors (Lipinski definition) is 1. The van der Waals surface area contributed by atoms with E-state index in [9.17, 15) is 0 Å². The summed E-state index contributed by atoms with van der Waals surface area (Å²) in [6.45, 7) is 0.947. The van der Waals surface area contributed by atoms with E-state index in [1.807, 2.05) is 6.07 Å². The third kappa shape index (κ3) is 2.27. The molecule has 1 saturated carbocycles. The van der Waals surface area contributed by atoms with E-state index >= 15 is 0 Å². The van der Waals surface area contributed by atoms with Crippen molar-refractivity contribution in [3.63, 3.8) is 0 Å². The minimum absolute atomic E-state index is 0.708. The maximum Gasteiger partial charge on any atom is 0.0482 e. The molecule has 1 aliphatic carbocycles. The van der Waals surface area contributed by atoms with Crippen LogP contribution in [0.2, 0.25) is 5.02 Å². The number of fused-ring (bicyclic) bond motifs is 1. The molecule has 0 bridgehead atoms. The van der Waals surface area contributed by atoms with Crippen molar-refractivity contribution in [3.05, 3.63) is 35.0 Å². The largest absolute Gasteiger partial charge is 0.350 e. The molecule has 2 aromatic rings. The summed E-state index contributed by atoms with van der Waals surface area (Å²) in [5.41, 5.74) is 2.60. The molecule has 96 valence electrons. The van der Waals surface area contributed by atoms with Gasteiger partial charge in [-0.2, -0.15) is 0 Å². The summed E-state index contributed by atoms with van der Waals surface area (Å²) in [6.07, 6.45) is 7.61. The quantitative estimate of drug-likeness (QED) is 0.889. The Morgan fingerprint density at radius 2 is 2.11 bits per heavy atom. The van der Waals surface area contributed by atoms with Gasteiger partial charge in [-0.25, -0.2) is 0 Å². The highest BCUT2D eigenvalue weighted by atomic mass is 35.5. The molecule has 0 spiro atoms. The first-order chi connectivity index (χ1) is 8.74. The molecule has 3 rings (SSSR count). The summed E-state index contributed by atoms with van der Waals surface area (Å²) in [5.74, 6) is 0. The van der Waals surface area contributed by atoms with E-state index in [-0.39, 0.29) is 0 Å². The second-order valence-corrected chi connectivity index (χ2v) is 5.73. The fourth-order valence-corrected chi connectivity index (χ4v) is 3.14. The molecule has 0 aliphatic heterocycles. The summed E-state index contributed by atoms with van der Waals surface area (Å²) in [7, 11) is 2.09. The Kier molecular flexibility index (Phi) is 3.31. The number of hydrogen-bond donors (Lipinski definition) is 1. The Labute approximate surface area is 113 Å². The van der Waals surface area contributed by atoms with E-state index in [1.165, 1.54) is 42.1 Å². The standard InChI is InChI=1S/C15H19ClN2/c1-18-10-11(9-17-13-4-2-3-5-13)14-8-12(16)6-7-15(14)18/h6-8,10,13,17H,2-5,9H2,1H3. The highest BCUT2D eigenvalue weighted by molar-refractivity contribution is 6.31. The third-order valence-corrected chi connectivity index (χ3v) is 4.21. The molecule has 0 radical (unpaired) electrons. The summed E-state index contributed by atoms with van der Waals surface area (Å²) in [4.78, 5) is 0. The van der Waals surface area contributed by atoms with E-state index in [0.29, 0.717) is 6.04 Å². The SMILES string of the molecule is Cn1cc(CNC2CCCC2)c2cc(Cl)ccc21. The lowest BCUT2D eigenvalue weighted by atomic mass is 10.1. The van der Waals surface area contributed by atoms with Crippen LogP contribution in [0.3, 0.4) is 0 Å². The van der Waals surface area contributed by atoms with E-state index in [2.05, 4.69) is 35.3 Å². The minimum atomic E-state index is 0.708. The van der Waals surface area contributed by atoms with Gasteiger partial charge in [0.1, 0.15) is 0 Å². The second-order valence-electron chi connectivity index (χ2n) is 5.29. The zero-order valence-electron chi connectivity index (χ0n) is 10.7. The molecule has 0 atom stereocenters. The van der Waals surface area contributed by atoms with Crippen molar-refractivity contribution >= 4 is 22.5 Å². The predicted molar refractivity (Wildman–Crippen MR) is 77.0 cm³/mol. The van der Waals surface area contributed by atoms with Gasteiger partial charge in [-0.05, 0) is 36.6 Å². The lowest BCUT2D eigenvalue weighted by molar-refractivity contribution is 0.525. The van der Waals surface area contributed by atoms with Crippen LogP contribution < -0.4 is 5.32 Å². The van der Waals surface area contributed by atoms with Gasteiger partial charge in [-0.15, -0.1) is 0 Å². The van der Waals surface area contributed by atoms with Crippen molar-refractivity contribution in [1.29, 1.82) is 0 Å². The molecule has 1 aromatic carbocycles. The molecule has 1 N–H and O–H groups in total. The number of aromatic nitrogens is 1. The van der Waals surface area contributed by atoms with Gasteiger partial charge in [0.05, 0.1) is 0 Å². The number of halogens is 1. The number of aryl methyl sites for hydroxylation is 1. The van der Waals surface area contributed by atoms with Gasteiger partial charge in [0.2, 0.25) is 0 Å². The van der Waals surface area contributed by atoms with Crippen LogP contribution in [0.25, 0.3) is 10.9 Å². The van der Waals surface area contributed by atoms with Gasteiger partial charge in [0.25, 0.3) is 0 Å². The highest BCUT2D eigenvalue weighted by Gasteiger charge is 2.15. The average molecular weight is 263 g/mol. The Hall–Kier alpha value is -0.990. The third-order valence-electron chi connectivity index (χ3n) is 3.97. The van der Waals surface area contributed by atoms with Crippen LogP contribution in [0.15, 0.2) is 24.4 Å². The molecular formula is C15H19ClN2. The molecule has 18 heavy (non-hydrogen) atoms. The number of nitrogens with one attached hydrogen (secondary N) is 1. The maximum absolute atomic E-state index is 6.10. The molecule has 0 unspecified atom stereocenters. The van der Waals surface area contributed by atoms with E-state index in [4.69, 9.17) is 11.6 Å². The van der Waals surface area contributed by atoms with Crippen molar-refractivity contribution in [2.45, 2.75) is 38.3 Å². The fraction of sp³-hybridized carbons (Fsp3) is 0.467. The van der Waals surface area contributed by atoms with Gasteiger partial charge < -0.3 is 9.88 Å². The van der Waals surface area contributed by atoms with Gasteiger partial charge in [-0.1, -0.05) is 24.4 Å². The van der Waals surface area contributed by atoms with Crippen molar-refractivity contribution in [1.82, 2.24) is 9.88 Å². The van der Waals surface area contributed by atoms with Crippen molar-refractivity contribution < 1.29 is 0 Å². The number of benzene rings is 1. The van der Waals surface area contributed by atoms with Crippen molar-refractivity contribution in [2.75, 3.05) is 0 Å². The van der Waals surface area contributed by atoms with Crippen molar-refractivity contribution in [2.24, 2.45) is 7.05 Å². The number of nitrogens with zero attached hydrogens (tertiary/aromatic N) is 1. The van der Waals surface area contributed by atoms with Crippen LogP contribution in [-0.4, -0.2) is 10.6 Å². The summed E-state index contributed by atoms with van der Waals surface area (Å²) < 4.78 is 2.18. The average Bonchev–Trinajstić information content (AvgIpc) is 2.95. The Balaban J connectivity index is 1.84. The lowest BCUT2D eigenvalue weighted by Crippen LogP contribution is -2.25. The highest BCUT2D eigenvalue weighted by Crippen LogP contribution is 2.25. The Morgan fingerprint density at radius 3 is 2.89 bits per heavy atom. The lowest BCUT2D eigenvalue weighted by Gasteiger charge is -2.10. The molecule has 3 heteroatoms. The van der Waals surface area contributed by atoms with Crippen LogP contribution >= 0.6 is 11.6 Å². The monoisotopic (exact) mass is 262 g/mol. The molecule has 2 nitrogen and oxygen atoms in total. The maximum atomic E-state index is 6.10. The molecule has 0 saturated heterocycles. The first-order valence-corrected chi connectivity index (χ1v) is 7.08. The van der Waals surface area contributed by atoms with Crippen molar-refractivity contribution in [3.8, 4) is 0 Å². The molecule has 1 fully saturated rings. The zero-order valence-corrected chi connectivity index (χ0v) is 11.5. The van der Waals surface area contributed by atoms with Gasteiger partial charge >= 0.3 is 0 Å². The minimum Gasteiger partial charge on any atom is -0.350 e.